The van der Waals surface area contributed by atoms with Crippen LogP contribution in [0.25, 0.3) is 10.9 Å². The van der Waals surface area contributed by atoms with E-state index >= 15 is 0 Å². The summed E-state index contributed by atoms with van der Waals surface area (Å²) in [6.45, 7) is 2.27. The molecule has 1 aliphatic rings. The van der Waals surface area contributed by atoms with Crippen LogP contribution >= 0.6 is 0 Å². The Balaban J connectivity index is 1.91. The van der Waals surface area contributed by atoms with Crippen LogP contribution in [-0.2, 0) is 0 Å². The zero-order valence-corrected chi connectivity index (χ0v) is 12.4. The quantitative estimate of drug-likeness (QED) is 0.921. The molecule has 0 spiro atoms. The van der Waals surface area contributed by atoms with Crippen molar-refractivity contribution in [3.8, 4) is 6.07 Å². The maximum Gasteiger partial charge on any atom is 0.0991 e. The highest BCUT2D eigenvalue weighted by molar-refractivity contribution is 5.85. The van der Waals surface area contributed by atoms with Crippen molar-refractivity contribution in [2.75, 3.05) is 14.1 Å². The summed E-state index contributed by atoms with van der Waals surface area (Å²) in [5, 5.41) is 10.3. The highest BCUT2D eigenvalue weighted by atomic mass is 15.1. The van der Waals surface area contributed by atoms with E-state index in [0.717, 1.165) is 17.0 Å². The number of nitriles is 1. The van der Waals surface area contributed by atoms with E-state index in [1.54, 1.807) is 0 Å². The predicted molar refractivity (Wildman–Crippen MR) is 81.6 cm³/mol. The molecule has 3 heteroatoms. The van der Waals surface area contributed by atoms with Crippen LogP contribution in [0.3, 0.4) is 0 Å². The number of benzene rings is 1. The van der Waals surface area contributed by atoms with E-state index in [1.165, 1.54) is 23.8 Å². The first-order valence-corrected chi connectivity index (χ1v) is 7.33. The molecule has 3 rings (SSSR count). The van der Waals surface area contributed by atoms with E-state index in [2.05, 4.69) is 43.2 Å². The molecule has 1 aromatic heterocycles. The first-order valence-electron chi connectivity index (χ1n) is 7.33. The van der Waals surface area contributed by atoms with Crippen molar-refractivity contribution in [2.45, 2.75) is 31.7 Å². The van der Waals surface area contributed by atoms with Crippen LogP contribution in [0.4, 0.5) is 0 Å². The van der Waals surface area contributed by atoms with Crippen molar-refractivity contribution < 1.29 is 0 Å². The van der Waals surface area contributed by atoms with Crippen LogP contribution in [0.2, 0.25) is 0 Å². The van der Waals surface area contributed by atoms with Gasteiger partial charge in [0.1, 0.15) is 0 Å². The Morgan fingerprint density at radius 3 is 2.90 bits per heavy atom. The Morgan fingerprint density at radius 2 is 2.25 bits per heavy atom. The molecule has 0 radical (unpaired) electrons. The molecule has 0 aliphatic heterocycles. The lowest BCUT2D eigenvalue weighted by molar-refractivity contribution is 0.254. The molecule has 0 bridgehead atoms. The smallest absolute Gasteiger partial charge is 0.0991 e. The van der Waals surface area contributed by atoms with E-state index in [1.807, 2.05) is 18.2 Å². The molecular weight excluding hydrogens is 246 g/mol. The minimum atomic E-state index is 0.644. The lowest BCUT2D eigenvalue weighted by Gasteiger charge is -2.23. The second kappa shape index (κ2) is 4.96. The van der Waals surface area contributed by atoms with Gasteiger partial charge < -0.3 is 9.88 Å². The third-order valence-electron chi connectivity index (χ3n) is 4.66. The second-order valence-electron chi connectivity index (χ2n) is 6.06. The van der Waals surface area contributed by atoms with Gasteiger partial charge in [0.2, 0.25) is 0 Å². The molecule has 2 aromatic rings. The van der Waals surface area contributed by atoms with Gasteiger partial charge in [0, 0.05) is 23.1 Å². The normalized spacial score (nSPS) is 22.9. The van der Waals surface area contributed by atoms with Crippen LogP contribution in [-0.4, -0.2) is 30.0 Å². The molecule has 1 aromatic carbocycles. The summed E-state index contributed by atoms with van der Waals surface area (Å²) in [7, 11) is 4.35. The van der Waals surface area contributed by atoms with E-state index in [9.17, 15) is 0 Å². The summed E-state index contributed by atoms with van der Waals surface area (Å²) in [6, 6.07) is 8.80. The van der Waals surface area contributed by atoms with Crippen LogP contribution in [0.5, 0.6) is 0 Å². The standard InChI is InChI=1S/C17H21N3/c1-4-17(20(2)3)14-8-12(14)15-10-19-16-6-5-11(9-18)7-13(15)16/h5-7,10,12,14,17,19H,4,8H2,1-3H3. The van der Waals surface area contributed by atoms with E-state index in [4.69, 9.17) is 5.26 Å². The Labute approximate surface area is 120 Å². The Morgan fingerprint density at radius 1 is 1.45 bits per heavy atom. The molecule has 3 nitrogen and oxygen atoms in total. The molecular formula is C17H21N3. The summed E-state index contributed by atoms with van der Waals surface area (Å²) in [4.78, 5) is 5.69. The van der Waals surface area contributed by atoms with E-state index in [0.29, 0.717) is 12.0 Å². The summed E-state index contributed by atoms with van der Waals surface area (Å²) in [5.41, 5.74) is 3.28. The zero-order chi connectivity index (χ0) is 14.3. The average Bonchev–Trinajstić information content (AvgIpc) is 3.09. The third-order valence-corrected chi connectivity index (χ3v) is 4.66. The monoisotopic (exact) mass is 267 g/mol. The largest absolute Gasteiger partial charge is 0.361 e. The molecule has 3 unspecified atom stereocenters. The summed E-state index contributed by atoms with van der Waals surface area (Å²) >= 11 is 0. The van der Waals surface area contributed by atoms with Gasteiger partial charge in [-0.3, -0.25) is 0 Å². The highest BCUT2D eigenvalue weighted by Gasteiger charge is 2.44. The number of H-pyrrole nitrogens is 1. The van der Waals surface area contributed by atoms with Gasteiger partial charge in [-0.25, -0.2) is 0 Å². The number of hydrogen-bond acceptors (Lipinski definition) is 2. The summed E-state index contributed by atoms with van der Waals surface area (Å²) in [6.07, 6.45) is 4.60. The molecule has 1 N–H and O–H groups in total. The molecule has 0 amide bonds. The SMILES string of the molecule is CCC(C1CC1c1c[nH]c2ccc(C#N)cc12)N(C)C. The Hall–Kier alpha value is -1.79. The van der Waals surface area contributed by atoms with Crippen LogP contribution < -0.4 is 0 Å². The Bertz CT molecular complexity index is 662. The number of aromatic nitrogens is 1. The molecule has 104 valence electrons. The number of hydrogen-bond donors (Lipinski definition) is 1. The first-order chi connectivity index (χ1) is 9.65. The zero-order valence-electron chi connectivity index (χ0n) is 12.4. The molecule has 1 fully saturated rings. The van der Waals surface area contributed by atoms with Crippen molar-refractivity contribution in [1.29, 1.82) is 5.26 Å². The van der Waals surface area contributed by atoms with Crippen LogP contribution in [0.15, 0.2) is 24.4 Å². The summed E-state index contributed by atoms with van der Waals surface area (Å²) in [5.74, 6) is 1.39. The van der Waals surface area contributed by atoms with Gasteiger partial charge in [0.15, 0.2) is 0 Å². The number of rotatable bonds is 4. The maximum absolute atomic E-state index is 9.06. The van der Waals surface area contributed by atoms with Crippen molar-refractivity contribution in [3.05, 3.63) is 35.5 Å². The van der Waals surface area contributed by atoms with E-state index < -0.39 is 0 Å². The van der Waals surface area contributed by atoms with Crippen molar-refractivity contribution in [3.63, 3.8) is 0 Å². The number of aromatic amines is 1. The molecule has 0 saturated heterocycles. The average molecular weight is 267 g/mol. The van der Waals surface area contributed by atoms with Crippen molar-refractivity contribution >= 4 is 10.9 Å². The Kier molecular flexibility index (Phi) is 3.27. The fourth-order valence-corrected chi connectivity index (χ4v) is 3.57. The lowest BCUT2D eigenvalue weighted by Crippen LogP contribution is -2.29. The number of nitrogens with zero attached hydrogens (tertiary/aromatic N) is 2. The predicted octanol–water partition coefficient (Wildman–Crippen LogP) is 3.48. The van der Waals surface area contributed by atoms with Gasteiger partial charge in [-0.2, -0.15) is 5.26 Å². The van der Waals surface area contributed by atoms with Gasteiger partial charge in [0.25, 0.3) is 0 Å². The number of fused-ring (bicyclic) bond motifs is 1. The molecule has 1 aliphatic carbocycles. The minimum absolute atomic E-state index is 0.644. The molecule has 3 atom stereocenters. The van der Waals surface area contributed by atoms with Gasteiger partial charge in [-0.05, 0) is 62.5 Å². The van der Waals surface area contributed by atoms with Gasteiger partial charge in [0.05, 0.1) is 11.6 Å². The minimum Gasteiger partial charge on any atom is -0.361 e. The lowest BCUT2D eigenvalue weighted by atomic mass is 10.0. The fraction of sp³-hybridized carbons (Fsp3) is 0.471. The first kappa shape index (κ1) is 13.2. The second-order valence-corrected chi connectivity index (χ2v) is 6.06. The molecule has 20 heavy (non-hydrogen) atoms. The molecule has 1 heterocycles. The maximum atomic E-state index is 9.06. The van der Waals surface area contributed by atoms with Gasteiger partial charge >= 0.3 is 0 Å². The van der Waals surface area contributed by atoms with Crippen molar-refractivity contribution in [1.82, 2.24) is 9.88 Å². The van der Waals surface area contributed by atoms with Gasteiger partial charge in [-0.15, -0.1) is 0 Å². The molecule has 1 saturated carbocycles. The van der Waals surface area contributed by atoms with E-state index in [-0.39, 0.29) is 0 Å². The van der Waals surface area contributed by atoms with Crippen LogP contribution in [0.1, 0.15) is 36.8 Å². The van der Waals surface area contributed by atoms with Crippen LogP contribution in [0, 0.1) is 17.2 Å². The summed E-state index contributed by atoms with van der Waals surface area (Å²) < 4.78 is 0. The third kappa shape index (κ3) is 2.10. The van der Waals surface area contributed by atoms with Gasteiger partial charge in [-0.1, -0.05) is 6.92 Å². The topological polar surface area (TPSA) is 42.8 Å². The van der Waals surface area contributed by atoms with Crippen molar-refractivity contribution in [2.24, 2.45) is 5.92 Å². The fourth-order valence-electron chi connectivity index (χ4n) is 3.57. The number of nitrogens with one attached hydrogen (secondary N) is 1. The highest BCUT2D eigenvalue weighted by Crippen LogP contribution is 2.52.